The van der Waals surface area contributed by atoms with E-state index in [0.717, 1.165) is 65.1 Å². The molecule has 1 fully saturated rings. The molecule has 0 N–H and O–H groups in total. The van der Waals surface area contributed by atoms with Gasteiger partial charge in [0, 0.05) is 47.5 Å². The zero-order valence-corrected chi connectivity index (χ0v) is 21.1. The Bertz CT molecular complexity index is 1320. The van der Waals surface area contributed by atoms with E-state index in [1.54, 1.807) is 19.5 Å². The molecule has 0 spiro atoms. The third kappa shape index (κ3) is 5.03. The van der Waals surface area contributed by atoms with Gasteiger partial charge in [0.1, 0.15) is 5.75 Å². The minimum atomic E-state index is 0.120. The molecule has 7 nitrogen and oxygen atoms in total. The lowest BCUT2D eigenvalue weighted by molar-refractivity contribution is 0.102. The average molecular weight is 488 g/mol. The van der Waals surface area contributed by atoms with Crippen molar-refractivity contribution in [1.82, 2.24) is 24.3 Å². The third-order valence-electron chi connectivity index (χ3n) is 6.50. The van der Waals surface area contributed by atoms with Gasteiger partial charge in [-0.25, -0.2) is 0 Å². The standard InChI is InChI=1S/C27H29N5O2S/c1-18-16-24(19(2)31(18)15-12-20-4-8-23(34-3)9-5-20)25(33)17-35-27-30-29-26(32(27)22-6-7-22)21-10-13-28-14-11-21/h4-5,8-11,13-14,16,22H,6-7,12,15,17H2,1-3H3. The number of benzene rings is 1. The lowest BCUT2D eigenvalue weighted by atomic mass is 10.1. The molecule has 1 aliphatic rings. The van der Waals surface area contributed by atoms with Crippen LogP contribution in [0.2, 0.25) is 0 Å². The van der Waals surface area contributed by atoms with Crippen molar-refractivity contribution in [3.8, 4) is 17.1 Å². The Labute approximate surface area is 209 Å². The maximum atomic E-state index is 13.2. The maximum Gasteiger partial charge on any atom is 0.192 e. The highest BCUT2D eigenvalue weighted by Gasteiger charge is 2.30. The first-order chi connectivity index (χ1) is 17.0. The maximum absolute atomic E-state index is 13.2. The van der Waals surface area contributed by atoms with Crippen LogP contribution in [0.4, 0.5) is 0 Å². The molecule has 1 aromatic carbocycles. The second-order valence-corrected chi connectivity index (χ2v) is 9.83. The van der Waals surface area contributed by atoms with E-state index in [-0.39, 0.29) is 5.78 Å². The van der Waals surface area contributed by atoms with Crippen molar-refractivity contribution in [1.29, 1.82) is 0 Å². The molecule has 0 bridgehead atoms. The van der Waals surface area contributed by atoms with Crippen molar-refractivity contribution in [2.24, 2.45) is 0 Å². The van der Waals surface area contributed by atoms with Gasteiger partial charge in [-0.05, 0) is 69.0 Å². The number of hydrogen-bond donors (Lipinski definition) is 0. The molecule has 0 radical (unpaired) electrons. The number of carbonyl (C=O) groups is 1. The first-order valence-electron chi connectivity index (χ1n) is 11.9. The molecule has 4 aromatic rings. The zero-order valence-electron chi connectivity index (χ0n) is 20.3. The number of pyridine rings is 1. The Morgan fingerprint density at radius 1 is 1.09 bits per heavy atom. The Balaban J connectivity index is 1.27. The SMILES string of the molecule is COc1ccc(CCn2c(C)cc(C(=O)CSc3nnc(-c4ccncc4)n3C3CC3)c2C)cc1. The van der Waals surface area contributed by atoms with Crippen LogP contribution in [0.15, 0.2) is 60.0 Å². The van der Waals surface area contributed by atoms with E-state index < -0.39 is 0 Å². The number of carbonyl (C=O) groups excluding carboxylic acids is 1. The molecular weight excluding hydrogens is 458 g/mol. The molecule has 3 heterocycles. The van der Waals surface area contributed by atoms with E-state index in [2.05, 4.69) is 43.4 Å². The number of thioether (sulfide) groups is 1. The predicted molar refractivity (Wildman–Crippen MR) is 137 cm³/mol. The molecule has 35 heavy (non-hydrogen) atoms. The molecule has 0 amide bonds. The summed E-state index contributed by atoms with van der Waals surface area (Å²) >= 11 is 1.47. The molecule has 0 aliphatic heterocycles. The van der Waals surface area contributed by atoms with Gasteiger partial charge in [-0.3, -0.25) is 14.3 Å². The highest BCUT2D eigenvalue weighted by atomic mass is 32.2. The van der Waals surface area contributed by atoms with Crippen molar-refractivity contribution in [2.45, 2.75) is 50.9 Å². The summed E-state index contributed by atoms with van der Waals surface area (Å²) < 4.78 is 9.66. The van der Waals surface area contributed by atoms with E-state index in [1.165, 1.54) is 17.3 Å². The summed E-state index contributed by atoms with van der Waals surface area (Å²) in [5.74, 6) is 2.17. The van der Waals surface area contributed by atoms with Crippen molar-refractivity contribution < 1.29 is 9.53 Å². The number of rotatable bonds is 10. The number of ether oxygens (including phenoxy) is 1. The Morgan fingerprint density at radius 3 is 2.51 bits per heavy atom. The van der Waals surface area contributed by atoms with Crippen molar-refractivity contribution in [3.63, 3.8) is 0 Å². The van der Waals surface area contributed by atoms with Crippen LogP contribution in [0, 0.1) is 13.8 Å². The molecule has 3 aromatic heterocycles. The second-order valence-electron chi connectivity index (χ2n) is 8.89. The van der Waals surface area contributed by atoms with Crippen molar-refractivity contribution >= 4 is 17.5 Å². The van der Waals surface area contributed by atoms with E-state index >= 15 is 0 Å². The van der Waals surface area contributed by atoms with E-state index in [4.69, 9.17) is 4.74 Å². The normalized spacial score (nSPS) is 13.2. The highest BCUT2D eigenvalue weighted by molar-refractivity contribution is 7.99. The Morgan fingerprint density at radius 2 is 1.83 bits per heavy atom. The fourth-order valence-electron chi connectivity index (χ4n) is 4.40. The van der Waals surface area contributed by atoms with Gasteiger partial charge in [0.05, 0.1) is 12.9 Å². The molecule has 1 saturated carbocycles. The Kier molecular flexibility index (Phi) is 6.72. The number of Topliss-reactive ketones (excluding diaryl/α,β-unsaturated/α-hetero) is 1. The summed E-state index contributed by atoms with van der Waals surface area (Å²) in [4.78, 5) is 17.3. The lowest BCUT2D eigenvalue weighted by Gasteiger charge is -2.11. The monoisotopic (exact) mass is 487 g/mol. The van der Waals surface area contributed by atoms with E-state index in [1.807, 2.05) is 37.3 Å². The first kappa shape index (κ1) is 23.4. The molecule has 1 aliphatic carbocycles. The van der Waals surface area contributed by atoms with Gasteiger partial charge >= 0.3 is 0 Å². The van der Waals surface area contributed by atoms with Crippen molar-refractivity contribution in [2.75, 3.05) is 12.9 Å². The minimum absolute atomic E-state index is 0.120. The summed E-state index contributed by atoms with van der Waals surface area (Å²) in [6.07, 6.45) is 6.66. The van der Waals surface area contributed by atoms with Gasteiger partial charge in [-0.2, -0.15) is 0 Å². The third-order valence-corrected chi connectivity index (χ3v) is 7.45. The lowest BCUT2D eigenvalue weighted by Crippen LogP contribution is -2.09. The van der Waals surface area contributed by atoms with E-state index in [0.29, 0.717) is 11.8 Å². The second kappa shape index (κ2) is 10.1. The van der Waals surface area contributed by atoms with Crippen LogP contribution in [0.5, 0.6) is 5.75 Å². The quantitative estimate of drug-likeness (QED) is 0.223. The fraction of sp³-hybridized carbons (Fsp3) is 0.333. The molecule has 5 rings (SSSR count). The van der Waals surface area contributed by atoms with Crippen LogP contribution >= 0.6 is 11.8 Å². The van der Waals surface area contributed by atoms with Crippen LogP contribution < -0.4 is 4.74 Å². The van der Waals surface area contributed by atoms with Crippen LogP contribution in [0.25, 0.3) is 11.4 Å². The minimum Gasteiger partial charge on any atom is -0.497 e. The number of hydrogen-bond acceptors (Lipinski definition) is 6. The zero-order chi connectivity index (χ0) is 24.4. The highest BCUT2D eigenvalue weighted by Crippen LogP contribution is 2.41. The van der Waals surface area contributed by atoms with Crippen LogP contribution in [0.1, 0.15) is 46.2 Å². The van der Waals surface area contributed by atoms with Crippen LogP contribution in [-0.2, 0) is 13.0 Å². The first-order valence-corrected chi connectivity index (χ1v) is 12.8. The van der Waals surface area contributed by atoms with Gasteiger partial charge < -0.3 is 9.30 Å². The number of aromatic nitrogens is 5. The molecule has 0 saturated heterocycles. The van der Waals surface area contributed by atoms with Crippen molar-refractivity contribution in [3.05, 3.63) is 77.4 Å². The van der Waals surface area contributed by atoms with Crippen LogP contribution in [0.3, 0.4) is 0 Å². The van der Waals surface area contributed by atoms with Gasteiger partial charge in [0.15, 0.2) is 16.8 Å². The summed E-state index contributed by atoms with van der Waals surface area (Å²) in [6, 6.07) is 14.5. The number of methoxy groups -OCH3 is 1. The molecule has 0 atom stereocenters. The summed E-state index contributed by atoms with van der Waals surface area (Å²) in [5, 5.41) is 9.67. The molecule has 0 unspecified atom stereocenters. The van der Waals surface area contributed by atoms with Gasteiger partial charge in [0.2, 0.25) is 0 Å². The number of aryl methyl sites for hydroxylation is 2. The topological polar surface area (TPSA) is 74.8 Å². The van der Waals surface area contributed by atoms with E-state index in [9.17, 15) is 4.79 Å². The summed E-state index contributed by atoms with van der Waals surface area (Å²) in [5.41, 5.74) is 5.15. The average Bonchev–Trinajstić information content (AvgIpc) is 3.57. The number of nitrogens with zero attached hydrogens (tertiary/aromatic N) is 5. The summed E-state index contributed by atoms with van der Waals surface area (Å²) in [7, 11) is 1.67. The fourth-order valence-corrected chi connectivity index (χ4v) is 5.29. The van der Waals surface area contributed by atoms with Gasteiger partial charge in [0.25, 0.3) is 0 Å². The molecule has 180 valence electrons. The number of ketones is 1. The molecule has 8 heteroatoms. The Hall–Kier alpha value is -3.39. The predicted octanol–water partition coefficient (Wildman–Crippen LogP) is 5.32. The van der Waals surface area contributed by atoms with Gasteiger partial charge in [-0.1, -0.05) is 23.9 Å². The smallest absolute Gasteiger partial charge is 0.192 e. The summed E-state index contributed by atoms with van der Waals surface area (Å²) in [6.45, 7) is 4.93. The molecular formula is C27H29N5O2S. The largest absolute Gasteiger partial charge is 0.497 e. The van der Waals surface area contributed by atoms with Gasteiger partial charge in [-0.15, -0.1) is 10.2 Å². The van der Waals surface area contributed by atoms with Crippen LogP contribution in [-0.4, -0.2) is 43.0 Å².